The van der Waals surface area contributed by atoms with E-state index in [2.05, 4.69) is 0 Å². The largest absolute Gasteiger partial charge is 0.493 e. The first kappa shape index (κ1) is 23.0. The summed E-state index contributed by atoms with van der Waals surface area (Å²) in [6, 6.07) is 13.2. The molecule has 0 heterocycles. The third-order valence-corrected chi connectivity index (χ3v) is 4.53. The van der Waals surface area contributed by atoms with Crippen molar-refractivity contribution in [3.05, 3.63) is 48.0 Å². The summed E-state index contributed by atoms with van der Waals surface area (Å²) in [5.74, 6) is 1.29. The summed E-state index contributed by atoms with van der Waals surface area (Å²) >= 11 is 1.15. The molecule has 0 unspecified atom stereocenters. The van der Waals surface area contributed by atoms with Gasteiger partial charge in [-0.25, -0.2) is 0 Å². The minimum absolute atomic E-state index is 0.180. The molecule has 0 aliphatic heterocycles. The van der Waals surface area contributed by atoms with Crippen LogP contribution in [0.3, 0.4) is 0 Å². The maximum absolute atomic E-state index is 10.3. The third kappa shape index (κ3) is 6.86. The zero-order valence-electron chi connectivity index (χ0n) is 16.7. The van der Waals surface area contributed by atoms with E-state index in [0.717, 1.165) is 40.7 Å². The molecule has 0 aromatic heterocycles. The van der Waals surface area contributed by atoms with E-state index in [0.29, 0.717) is 17.2 Å². The van der Waals surface area contributed by atoms with Crippen molar-refractivity contribution in [3.63, 3.8) is 0 Å². The Kier molecular flexibility index (Phi) is 10.5. The molecule has 27 heavy (non-hydrogen) atoms. The van der Waals surface area contributed by atoms with Gasteiger partial charge in [0.2, 0.25) is 0 Å². The molecule has 2 rings (SSSR count). The smallest absolute Gasteiger partial charge is 0.162 e. The first-order valence-electron chi connectivity index (χ1n) is 8.91. The zero-order chi connectivity index (χ0) is 20.2. The fourth-order valence-corrected chi connectivity index (χ4v) is 2.96. The minimum Gasteiger partial charge on any atom is -0.493 e. The van der Waals surface area contributed by atoms with Crippen molar-refractivity contribution >= 4 is 23.5 Å². The van der Waals surface area contributed by atoms with Crippen LogP contribution in [-0.2, 0) is 6.42 Å². The molecule has 6 nitrogen and oxygen atoms in total. The van der Waals surface area contributed by atoms with Gasteiger partial charge < -0.3 is 14.6 Å². The average Bonchev–Trinajstić information content (AvgIpc) is 2.73. The molecule has 0 amide bonds. The monoisotopic (exact) mass is 394 g/mol. The minimum atomic E-state index is 0.180. The molecule has 2 aromatic rings. The quantitative estimate of drug-likeness (QED) is 0.478. The Hall–Kier alpha value is -2.09. The van der Waals surface area contributed by atoms with Crippen molar-refractivity contribution in [2.45, 2.75) is 26.7 Å². The van der Waals surface area contributed by atoms with Crippen molar-refractivity contribution in [2.24, 2.45) is 0 Å². The lowest BCUT2D eigenvalue weighted by Gasteiger charge is -2.24. The molecule has 0 radical (unpaired) electrons. The highest BCUT2D eigenvalue weighted by molar-refractivity contribution is 8.01. The van der Waals surface area contributed by atoms with E-state index in [1.165, 1.54) is 0 Å². The SMILES string of the molecule is CC.COc1ccc(N(C)SN(O)c2ccc(CCCO)cc2)cc1OC. The van der Waals surface area contributed by atoms with Gasteiger partial charge >= 0.3 is 0 Å². The number of hydrogen-bond donors (Lipinski definition) is 2. The molecule has 2 N–H and O–H groups in total. The fraction of sp³-hybridized carbons (Fsp3) is 0.400. The Morgan fingerprint density at radius 2 is 1.52 bits per heavy atom. The van der Waals surface area contributed by atoms with E-state index < -0.39 is 0 Å². The van der Waals surface area contributed by atoms with Crippen molar-refractivity contribution in [2.75, 3.05) is 36.6 Å². The van der Waals surface area contributed by atoms with Crippen LogP contribution in [-0.4, -0.2) is 38.2 Å². The first-order chi connectivity index (χ1) is 13.1. The van der Waals surface area contributed by atoms with E-state index >= 15 is 0 Å². The van der Waals surface area contributed by atoms with Gasteiger partial charge in [-0.15, -0.1) is 0 Å². The summed E-state index contributed by atoms with van der Waals surface area (Å²) in [6.07, 6.45) is 1.56. The van der Waals surface area contributed by atoms with Gasteiger partial charge in [0.05, 0.1) is 37.7 Å². The number of hydrogen-bond acceptors (Lipinski definition) is 7. The van der Waals surface area contributed by atoms with Crippen LogP contribution in [0.1, 0.15) is 25.8 Å². The Bertz CT molecular complexity index is 668. The molecule has 0 spiro atoms. The molecular weight excluding hydrogens is 364 g/mol. The van der Waals surface area contributed by atoms with Gasteiger partial charge in [0.15, 0.2) is 11.5 Å². The number of aliphatic hydroxyl groups excluding tert-OH is 1. The molecule has 0 fully saturated rings. The summed E-state index contributed by atoms with van der Waals surface area (Å²) in [6.45, 7) is 4.18. The molecule has 0 saturated carbocycles. The average molecular weight is 395 g/mol. The van der Waals surface area contributed by atoms with Crippen LogP contribution in [0.5, 0.6) is 11.5 Å². The molecule has 0 saturated heterocycles. The van der Waals surface area contributed by atoms with Crippen LogP contribution in [0.4, 0.5) is 11.4 Å². The Balaban J connectivity index is 0.00000176. The first-order valence-corrected chi connectivity index (χ1v) is 9.64. The summed E-state index contributed by atoms with van der Waals surface area (Å²) in [5.41, 5.74) is 2.66. The second-order valence-corrected chi connectivity index (χ2v) is 6.44. The lowest BCUT2D eigenvalue weighted by molar-refractivity contribution is 0.288. The fourth-order valence-electron chi connectivity index (χ4n) is 2.30. The van der Waals surface area contributed by atoms with Gasteiger partial charge in [0.1, 0.15) is 0 Å². The van der Waals surface area contributed by atoms with E-state index in [-0.39, 0.29) is 6.61 Å². The predicted octanol–water partition coefficient (Wildman–Crippen LogP) is 4.55. The molecule has 0 bridgehead atoms. The zero-order valence-corrected chi connectivity index (χ0v) is 17.5. The Morgan fingerprint density at radius 1 is 0.926 bits per heavy atom. The van der Waals surface area contributed by atoms with Gasteiger partial charge in [-0.3, -0.25) is 9.51 Å². The molecule has 0 atom stereocenters. The second-order valence-electron chi connectivity index (χ2n) is 5.38. The number of nitrogens with zero attached hydrogens (tertiary/aromatic N) is 2. The highest BCUT2D eigenvalue weighted by Crippen LogP contribution is 2.34. The van der Waals surface area contributed by atoms with Gasteiger partial charge in [0, 0.05) is 19.7 Å². The van der Waals surface area contributed by atoms with Crippen LogP contribution < -0.4 is 18.2 Å². The van der Waals surface area contributed by atoms with Gasteiger partial charge in [-0.05, 0) is 42.7 Å². The number of benzene rings is 2. The lowest BCUT2D eigenvalue weighted by Crippen LogP contribution is -2.18. The van der Waals surface area contributed by atoms with Gasteiger partial charge in [0.25, 0.3) is 0 Å². The van der Waals surface area contributed by atoms with Crippen LogP contribution in [0.25, 0.3) is 0 Å². The number of aliphatic hydroxyl groups is 1. The van der Waals surface area contributed by atoms with Crippen molar-refractivity contribution < 1.29 is 19.8 Å². The second kappa shape index (κ2) is 12.3. The third-order valence-electron chi connectivity index (χ3n) is 3.71. The molecular formula is C20H30N2O4S. The summed E-state index contributed by atoms with van der Waals surface area (Å²) < 4.78 is 13.5. The molecule has 7 heteroatoms. The summed E-state index contributed by atoms with van der Waals surface area (Å²) in [7, 11) is 5.03. The maximum atomic E-state index is 10.3. The highest BCUT2D eigenvalue weighted by Gasteiger charge is 2.12. The van der Waals surface area contributed by atoms with E-state index in [9.17, 15) is 5.21 Å². The summed E-state index contributed by atoms with van der Waals surface area (Å²) in [4.78, 5) is 0. The normalized spacial score (nSPS) is 9.89. The topological polar surface area (TPSA) is 65.4 Å². The van der Waals surface area contributed by atoms with E-state index in [4.69, 9.17) is 14.6 Å². The van der Waals surface area contributed by atoms with Crippen LogP contribution in [0.2, 0.25) is 0 Å². The predicted molar refractivity (Wildman–Crippen MR) is 113 cm³/mol. The van der Waals surface area contributed by atoms with Crippen LogP contribution in [0.15, 0.2) is 42.5 Å². The van der Waals surface area contributed by atoms with Crippen molar-refractivity contribution in [1.29, 1.82) is 0 Å². The lowest BCUT2D eigenvalue weighted by atomic mass is 10.1. The highest BCUT2D eigenvalue weighted by atomic mass is 32.2. The van der Waals surface area contributed by atoms with Crippen molar-refractivity contribution in [1.82, 2.24) is 0 Å². The van der Waals surface area contributed by atoms with E-state index in [1.807, 2.05) is 67.7 Å². The maximum Gasteiger partial charge on any atom is 0.162 e. The van der Waals surface area contributed by atoms with Gasteiger partial charge in [-0.2, -0.15) is 4.47 Å². The molecule has 2 aromatic carbocycles. The van der Waals surface area contributed by atoms with E-state index in [1.54, 1.807) is 14.2 Å². The number of ether oxygens (including phenoxy) is 2. The molecule has 0 aliphatic carbocycles. The number of anilines is 2. The van der Waals surface area contributed by atoms with Crippen LogP contribution in [0, 0.1) is 0 Å². The standard InChI is InChI=1S/C18H24N2O4S.C2H6/c1-19(16-10-11-17(23-2)18(13-16)24-3)25-20(22)15-8-6-14(7-9-15)5-4-12-21;1-2/h6-11,13,21-22H,4-5,12H2,1-3H3;1-2H3. The Labute approximate surface area is 166 Å². The molecule has 0 aliphatic rings. The van der Waals surface area contributed by atoms with Crippen LogP contribution >= 0.6 is 12.1 Å². The Morgan fingerprint density at radius 3 is 2.07 bits per heavy atom. The number of aryl methyl sites for hydroxylation is 1. The summed E-state index contributed by atoms with van der Waals surface area (Å²) in [5, 5.41) is 19.2. The van der Waals surface area contributed by atoms with Gasteiger partial charge in [-0.1, -0.05) is 26.0 Å². The molecule has 150 valence electrons. The van der Waals surface area contributed by atoms with Crippen molar-refractivity contribution in [3.8, 4) is 11.5 Å². The number of rotatable bonds is 9. The number of methoxy groups -OCH3 is 2.